The lowest BCUT2D eigenvalue weighted by Crippen LogP contribution is -2.32. The quantitative estimate of drug-likeness (QED) is 0.311. The summed E-state index contributed by atoms with van der Waals surface area (Å²) in [5.74, 6) is 0.129. The number of unbranched alkanes of at least 4 members (excludes halogenated alkanes) is 2. The standard InChI is InChI=1S/C24H34O4/c1-6-8-9-12-18-16-20-19(22(25)21(18)23(26)27-7-2)13-15-24(5,28-20)14-10-11-17(3)4/h11,13,15-16,25H,6-10,12,14H2,1-5H3. The highest BCUT2D eigenvalue weighted by molar-refractivity contribution is 5.96. The summed E-state index contributed by atoms with van der Waals surface area (Å²) in [7, 11) is 0. The molecule has 1 N–H and O–H groups in total. The van der Waals surface area contributed by atoms with Crippen molar-refractivity contribution in [1.29, 1.82) is 0 Å². The number of carbonyl (C=O) groups excluding carboxylic acids is 1. The first-order chi connectivity index (χ1) is 13.3. The van der Waals surface area contributed by atoms with Gasteiger partial charge in [0.05, 0.1) is 12.2 Å². The summed E-state index contributed by atoms with van der Waals surface area (Å²) in [6.07, 6.45) is 11.6. The lowest BCUT2D eigenvalue weighted by Gasteiger charge is -2.32. The van der Waals surface area contributed by atoms with Crippen LogP contribution < -0.4 is 4.74 Å². The second-order valence-electron chi connectivity index (χ2n) is 7.92. The maximum absolute atomic E-state index is 12.5. The number of phenolic OH excluding ortho intramolecular Hbond substituents is 1. The topological polar surface area (TPSA) is 55.8 Å². The third-order valence-electron chi connectivity index (χ3n) is 5.05. The van der Waals surface area contributed by atoms with E-state index in [4.69, 9.17) is 9.47 Å². The van der Waals surface area contributed by atoms with Crippen LogP contribution in [-0.2, 0) is 11.2 Å². The van der Waals surface area contributed by atoms with Crippen LogP contribution in [0.1, 0.15) is 88.2 Å². The minimum Gasteiger partial charge on any atom is -0.506 e. The van der Waals surface area contributed by atoms with Crippen LogP contribution in [0.15, 0.2) is 23.8 Å². The molecule has 0 saturated carbocycles. The summed E-state index contributed by atoms with van der Waals surface area (Å²) in [4.78, 5) is 12.5. The molecule has 1 aliphatic heterocycles. The molecule has 4 nitrogen and oxygen atoms in total. The Balaban J connectivity index is 2.38. The minimum atomic E-state index is -0.473. The second kappa shape index (κ2) is 9.81. The fraction of sp³-hybridized carbons (Fsp3) is 0.542. The van der Waals surface area contributed by atoms with Crippen molar-refractivity contribution in [3.63, 3.8) is 0 Å². The molecule has 0 aliphatic carbocycles. The van der Waals surface area contributed by atoms with E-state index in [1.165, 1.54) is 5.57 Å². The normalized spacial score (nSPS) is 17.6. The highest BCUT2D eigenvalue weighted by Crippen LogP contribution is 2.42. The molecule has 1 aromatic rings. The summed E-state index contributed by atoms with van der Waals surface area (Å²) in [6.45, 7) is 10.4. The Morgan fingerprint density at radius 3 is 2.68 bits per heavy atom. The van der Waals surface area contributed by atoms with E-state index in [-0.39, 0.29) is 17.9 Å². The number of benzene rings is 1. The number of esters is 1. The summed E-state index contributed by atoms with van der Waals surface area (Å²) >= 11 is 0. The van der Waals surface area contributed by atoms with E-state index in [9.17, 15) is 9.90 Å². The molecule has 154 valence electrons. The van der Waals surface area contributed by atoms with Crippen LogP contribution in [0.3, 0.4) is 0 Å². The van der Waals surface area contributed by atoms with Gasteiger partial charge in [0.1, 0.15) is 22.7 Å². The van der Waals surface area contributed by atoms with E-state index in [0.717, 1.165) is 37.7 Å². The molecule has 0 amide bonds. The number of carbonyl (C=O) groups is 1. The Kier molecular flexibility index (Phi) is 7.73. The highest BCUT2D eigenvalue weighted by Gasteiger charge is 2.31. The van der Waals surface area contributed by atoms with Crippen molar-refractivity contribution in [2.45, 2.75) is 78.7 Å². The van der Waals surface area contributed by atoms with Gasteiger partial charge in [-0.05, 0) is 77.2 Å². The Bertz CT molecular complexity index is 756. The summed E-state index contributed by atoms with van der Waals surface area (Å²) in [5.41, 5.74) is 2.49. The molecule has 1 heterocycles. The minimum absolute atomic E-state index is 0.0370. The number of phenols is 1. The first kappa shape index (κ1) is 22.1. The van der Waals surface area contributed by atoms with E-state index < -0.39 is 11.6 Å². The zero-order valence-electron chi connectivity index (χ0n) is 17.9. The molecular formula is C24H34O4. The number of hydrogen-bond donors (Lipinski definition) is 1. The monoisotopic (exact) mass is 386 g/mol. The average Bonchev–Trinajstić information content (AvgIpc) is 2.61. The van der Waals surface area contributed by atoms with Gasteiger partial charge < -0.3 is 14.6 Å². The first-order valence-electron chi connectivity index (χ1n) is 10.4. The summed E-state index contributed by atoms with van der Waals surface area (Å²) in [5, 5.41) is 10.8. The van der Waals surface area contributed by atoms with E-state index in [0.29, 0.717) is 17.7 Å². The van der Waals surface area contributed by atoms with Crippen LogP contribution in [0.4, 0.5) is 0 Å². The van der Waals surface area contributed by atoms with Crippen molar-refractivity contribution in [1.82, 2.24) is 0 Å². The molecule has 0 radical (unpaired) electrons. The fourth-order valence-corrected chi connectivity index (χ4v) is 3.48. The molecule has 0 aromatic heterocycles. The number of ether oxygens (including phenoxy) is 2. The number of fused-ring (bicyclic) bond motifs is 1. The number of aromatic hydroxyl groups is 1. The van der Waals surface area contributed by atoms with Gasteiger partial charge in [-0.2, -0.15) is 0 Å². The second-order valence-corrected chi connectivity index (χ2v) is 7.92. The van der Waals surface area contributed by atoms with Gasteiger partial charge in [0.25, 0.3) is 0 Å². The Hall–Kier alpha value is -2.23. The molecular weight excluding hydrogens is 352 g/mol. The van der Waals surface area contributed by atoms with Crippen molar-refractivity contribution in [3.05, 3.63) is 40.5 Å². The number of aryl methyl sites for hydroxylation is 1. The molecule has 0 saturated heterocycles. The Labute approximate surface area is 169 Å². The van der Waals surface area contributed by atoms with Crippen LogP contribution in [0.5, 0.6) is 11.5 Å². The SMILES string of the molecule is CCCCCc1cc2c(c(O)c1C(=O)OCC)C=CC(C)(CCC=C(C)C)O2. The Morgan fingerprint density at radius 1 is 1.29 bits per heavy atom. The molecule has 1 aromatic carbocycles. The lowest BCUT2D eigenvalue weighted by molar-refractivity contribution is 0.0521. The number of allylic oxidation sites excluding steroid dienone is 2. The van der Waals surface area contributed by atoms with Crippen molar-refractivity contribution in [3.8, 4) is 11.5 Å². The molecule has 2 rings (SSSR count). The molecule has 1 atom stereocenters. The van der Waals surface area contributed by atoms with E-state index in [1.54, 1.807) is 6.92 Å². The van der Waals surface area contributed by atoms with Gasteiger partial charge in [-0.1, -0.05) is 31.4 Å². The van der Waals surface area contributed by atoms with Crippen LogP contribution in [0.25, 0.3) is 6.08 Å². The van der Waals surface area contributed by atoms with Crippen molar-refractivity contribution in [2.24, 2.45) is 0 Å². The van der Waals surface area contributed by atoms with Crippen LogP contribution in [-0.4, -0.2) is 23.3 Å². The number of hydrogen-bond acceptors (Lipinski definition) is 4. The lowest BCUT2D eigenvalue weighted by atomic mass is 9.91. The Morgan fingerprint density at radius 2 is 2.04 bits per heavy atom. The van der Waals surface area contributed by atoms with Gasteiger partial charge in [-0.15, -0.1) is 0 Å². The van der Waals surface area contributed by atoms with Crippen LogP contribution in [0.2, 0.25) is 0 Å². The summed E-state index contributed by atoms with van der Waals surface area (Å²) in [6, 6.07) is 1.92. The van der Waals surface area contributed by atoms with Crippen molar-refractivity contribution in [2.75, 3.05) is 6.61 Å². The number of rotatable bonds is 9. The van der Waals surface area contributed by atoms with Gasteiger partial charge in [-0.3, -0.25) is 0 Å². The van der Waals surface area contributed by atoms with Gasteiger partial charge in [0.2, 0.25) is 0 Å². The molecule has 0 fully saturated rings. The highest BCUT2D eigenvalue weighted by atomic mass is 16.5. The van der Waals surface area contributed by atoms with Gasteiger partial charge in [0.15, 0.2) is 0 Å². The molecule has 0 spiro atoms. The van der Waals surface area contributed by atoms with Crippen molar-refractivity contribution < 1.29 is 19.4 Å². The maximum atomic E-state index is 12.5. The average molecular weight is 387 g/mol. The van der Waals surface area contributed by atoms with E-state index in [1.807, 2.05) is 18.2 Å². The molecule has 0 bridgehead atoms. The van der Waals surface area contributed by atoms with E-state index in [2.05, 4.69) is 33.8 Å². The van der Waals surface area contributed by atoms with Gasteiger partial charge in [-0.25, -0.2) is 4.79 Å². The largest absolute Gasteiger partial charge is 0.506 e. The predicted molar refractivity (Wildman–Crippen MR) is 114 cm³/mol. The third-order valence-corrected chi connectivity index (χ3v) is 5.05. The van der Waals surface area contributed by atoms with Crippen LogP contribution >= 0.6 is 0 Å². The smallest absolute Gasteiger partial charge is 0.342 e. The molecule has 1 aliphatic rings. The fourth-order valence-electron chi connectivity index (χ4n) is 3.48. The third kappa shape index (κ3) is 5.40. The maximum Gasteiger partial charge on any atom is 0.342 e. The zero-order valence-corrected chi connectivity index (χ0v) is 17.9. The molecule has 1 unspecified atom stereocenters. The van der Waals surface area contributed by atoms with Gasteiger partial charge >= 0.3 is 5.97 Å². The van der Waals surface area contributed by atoms with E-state index >= 15 is 0 Å². The first-order valence-corrected chi connectivity index (χ1v) is 10.4. The molecule has 28 heavy (non-hydrogen) atoms. The van der Waals surface area contributed by atoms with Gasteiger partial charge in [0, 0.05) is 0 Å². The zero-order chi connectivity index (χ0) is 20.7. The molecule has 4 heteroatoms. The van der Waals surface area contributed by atoms with Crippen LogP contribution in [0, 0.1) is 0 Å². The summed E-state index contributed by atoms with van der Waals surface area (Å²) < 4.78 is 11.5. The predicted octanol–water partition coefficient (Wildman–Crippen LogP) is 6.21. The van der Waals surface area contributed by atoms with Crippen molar-refractivity contribution >= 4 is 12.0 Å².